The number of sulfonamides is 1. The molecular weight excluding hydrogens is 238 g/mol. The van der Waals surface area contributed by atoms with Gasteiger partial charge in [0, 0.05) is 25.2 Å². The number of fused-ring (bicyclic) bond motifs is 2. The summed E-state index contributed by atoms with van der Waals surface area (Å²) in [5, 5.41) is 7.85. The molecule has 3 unspecified atom stereocenters. The Balaban J connectivity index is 2.17. The van der Waals surface area contributed by atoms with Crippen LogP contribution in [0.4, 0.5) is 0 Å². The van der Waals surface area contributed by atoms with E-state index in [2.05, 4.69) is 11.9 Å². The van der Waals surface area contributed by atoms with Gasteiger partial charge in [0.2, 0.25) is 10.0 Å². The van der Waals surface area contributed by atoms with Crippen molar-refractivity contribution in [2.75, 3.05) is 20.1 Å². The van der Waals surface area contributed by atoms with E-state index in [1.54, 1.807) is 0 Å². The lowest BCUT2D eigenvalue weighted by Crippen LogP contribution is -2.42. The molecule has 17 heavy (non-hydrogen) atoms. The van der Waals surface area contributed by atoms with E-state index >= 15 is 0 Å². The summed E-state index contributed by atoms with van der Waals surface area (Å²) >= 11 is 0. The Hall–Kier alpha value is -0.640. The van der Waals surface area contributed by atoms with E-state index < -0.39 is 15.3 Å². The van der Waals surface area contributed by atoms with Gasteiger partial charge in [-0.2, -0.15) is 9.57 Å². The maximum atomic E-state index is 12.1. The van der Waals surface area contributed by atoms with Gasteiger partial charge in [-0.25, -0.2) is 8.42 Å². The molecule has 0 spiro atoms. The molecule has 5 nitrogen and oxygen atoms in total. The van der Waals surface area contributed by atoms with E-state index in [1.807, 2.05) is 6.07 Å². The van der Waals surface area contributed by atoms with Crippen molar-refractivity contribution in [1.29, 1.82) is 5.26 Å². The molecule has 2 saturated heterocycles. The van der Waals surface area contributed by atoms with Crippen LogP contribution in [0.2, 0.25) is 0 Å². The van der Waals surface area contributed by atoms with E-state index in [1.165, 1.54) is 17.6 Å². The lowest BCUT2D eigenvalue weighted by atomic mass is 10.1. The van der Waals surface area contributed by atoms with Crippen molar-refractivity contribution >= 4 is 10.0 Å². The summed E-state index contributed by atoms with van der Waals surface area (Å²) in [6, 6.07) is 2.67. The molecule has 2 heterocycles. The smallest absolute Gasteiger partial charge is 0.230 e. The highest BCUT2D eigenvalue weighted by atomic mass is 32.2. The molecule has 2 rings (SSSR count). The molecule has 0 saturated carbocycles. The summed E-state index contributed by atoms with van der Waals surface area (Å²) < 4.78 is 25.8. The molecule has 2 aliphatic rings. The predicted octanol–water partition coefficient (Wildman–Crippen LogP) is 0.397. The quantitative estimate of drug-likeness (QED) is 0.718. The molecule has 0 radical (unpaired) electrons. The first-order chi connectivity index (χ1) is 7.96. The normalized spacial score (nSPS) is 33.0. The van der Waals surface area contributed by atoms with Gasteiger partial charge in [0.05, 0.1) is 6.07 Å². The topological polar surface area (TPSA) is 64.4 Å². The van der Waals surface area contributed by atoms with Crippen LogP contribution in [0.15, 0.2) is 0 Å². The van der Waals surface area contributed by atoms with Crippen LogP contribution in [0.1, 0.15) is 26.2 Å². The van der Waals surface area contributed by atoms with Gasteiger partial charge in [0.25, 0.3) is 0 Å². The summed E-state index contributed by atoms with van der Waals surface area (Å²) in [7, 11) is -1.36. The van der Waals surface area contributed by atoms with E-state index in [0.29, 0.717) is 25.2 Å². The van der Waals surface area contributed by atoms with E-state index in [9.17, 15) is 8.42 Å². The Morgan fingerprint density at radius 1 is 1.29 bits per heavy atom. The molecule has 2 aliphatic heterocycles. The highest BCUT2D eigenvalue weighted by molar-refractivity contribution is 7.89. The molecule has 0 amide bonds. The first kappa shape index (κ1) is 12.8. The van der Waals surface area contributed by atoms with Crippen molar-refractivity contribution in [3.8, 4) is 6.07 Å². The van der Waals surface area contributed by atoms with Gasteiger partial charge in [-0.3, -0.25) is 4.90 Å². The largest absolute Gasteiger partial charge is 0.299 e. The fourth-order valence-electron chi connectivity index (χ4n) is 2.80. The van der Waals surface area contributed by atoms with Crippen LogP contribution in [0.25, 0.3) is 0 Å². The minimum absolute atomic E-state index is 0.322. The van der Waals surface area contributed by atoms with Crippen LogP contribution in [-0.4, -0.2) is 55.1 Å². The highest BCUT2D eigenvalue weighted by Gasteiger charge is 2.39. The maximum Gasteiger partial charge on any atom is 0.230 e. The van der Waals surface area contributed by atoms with Crippen molar-refractivity contribution in [2.24, 2.45) is 0 Å². The van der Waals surface area contributed by atoms with Crippen LogP contribution >= 0.6 is 0 Å². The lowest BCUT2D eigenvalue weighted by Gasteiger charge is -2.25. The van der Waals surface area contributed by atoms with Gasteiger partial charge >= 0.3 is 0 Å². The number of hydrogen-bond acceptors (Lipinski definition) is 4. The summed E-state index contributed by atoms with van der Waals surface area (Å²) in [6.07, 6.45) is 3.11. The van der Waals surface area contributed by atoms with Gasteiger partial charge < -0.3 is 0 Å². The highest BCUT2D eigenvalue weighted by Crippen LogP contribution is 2.29. The second-order valence-electron chi connectivity index (χ2n) is 5.01. The average molecular weight is 257 g/mol. The summed E-state index contributed by atoms with van der Waals surface area (Å²) in [4.78, 5) is 2.30. The fraction of sp³-hybridized carbons (Fsp3) is 0.909. The average Bonchev–Trinajstić information content (AvgIpc) is 2.51. The SMILES string of the molecule is CC(C#N)S(=O)(=O)N1CCC2CCC(C1)N2C. The first-order valence-corrected chi connectivity index (χ1v) is 7.57. The van der Waals surface area contributed by atoms with Gasteiger partial charge in [-0.05, 0) is 33.2 Å². The second kappa shape index (κ2) is 4.56. The Morgan fingerprint density at radius 3 is 2.59 bits per heavy atom. The van der Waals surface area contributed by atoms with Crippen LogP contribution in [0.5, 0.6) is 0 Å². The Kier molecular flexibility index (Phi) is 3.43. The molecule has 0 aromatic carbocycles. The van der Waals surface area contributed by atoms with Gasteiger partial charge in [0.15, 0.2) is 5.25 Å². The van der Waals surface area contributed by atoms with E-state index in [0.717, 1.165) is 12.8 Å². The number of rotatable bonds is 2. The van der Waals surface area contributed by atoms with Crippen molar-refractivity contribution in [1.82, 2.24) is 9.21 Å². The minimum atomic E-state index is -3.44. The summed E-state index contributed by atoms with van der Waals surface area (Å²) in [5.41, 5.74) is 0. The Bertz CT molecular complexity index is 428. The minimum Gasteiger partial charge on any atom is -0.299 e. The predicted molar refractivity (Wildman–Crippen MR) is 64.8 cm³/mol. The van der Waals surface area contributed by atoms with Gasteiger partial charge in [0.1, 0.15) is 0 Å². The number of likely N-dealkylation sites (N-methyl/N-ethyl adjacent to an activating group) is 1. The molecule has 0 aromatic heterocycles. The second-order valence-corrected chi connectivity index (χ2v) is 7.27. The third-order valence-corrected chi connectivity index (χ3v) is 6.15. The molecular formula is C11H19N3O2S. The molecule has 0 aromatic rings. The fourth-order valence-corrected chi connectivity index (χ4v) is 4.12. The van der Waals surface area contributed by atoms with Gasteiger partial charge in [-0.1, -0.05) is 0 Å². The molecule has 96 valence electrons. The number of nitrogens with zero attached hydrogens (tertiary/aromatic N) is 3. The Morgan fingerprint density at radius 2 is 1.94 bits per heavy atom. The molecule has 2 fully saturated rings. The van der Waals surface area contributed by atoms with Crippen LogP contribution in [0.3, 0.4) is 0 Å². The van der Waals surface area contributed by atoms with Crippen LogP contribution in [0, 0.1) is 11.3 Å². The summed E-state index contributed by atoms with van der Waals surface area (Å²) in [6.45, 7) is 2.56. The van der Waals surface area contributed by atoms with Crippen molar-refractivity contribution in [3.63, 3.8) is 0 Å². The van der Waals surface area contributed by atoms with Crippen LogP contribution in [-0.2, 0) is 10.0 Å². The first-order valence-electron chi connectivity index (χ1n) is 6.07. The zero-order valence-corrected chi connectivity index (χ0v) is 11.2. The van der Waals surface area contributed by atoms with Gasteiger partial charge in [-0.15, -0.1) is 0 Å². The third kappa shape index (κ3) is 2.19. The monoisotopic (exact) mass is 257 g/mol. The van der Waals surface area contributed by atoms with Crippen molar-refractivity contribution in [2.45, 2.75) is 43.5 Å². The zero-order chi connectivity index (χ0) is 12.6. The molecule has 0 aliphatic carbocycles. The Labute approximate surface area is 103 Å². The zero-order valence-electron chi connectivity index (χ0n) is 10.3. The molecule has 3 atom stereocenters. The molecule has 6 heteroatoms. The number of nitriles is 1. The molecule has 0 N–H and O–H groups in total. The van der Waals surface area contributed by atoms with Crippen molar-refractivity contribution < 1.29 is 8.42 Å². The van der Waals surface area contributed by atoms with E-state index in [4.69, 9.17) is 5.26 Å². The molecule has 2 bridgehead atoms. The van der Waals surface area contributed by atoms with Crippen LogP contribution < -0.4 is 0 Å². The van der Waals surface area contributed by atoms with E-state index in [-0.39, 0.29) is 0 Å². The summed E-state index contributed by atoms with van der Waals surface area (Å²) in [5.74, 6) is 0. The van der Waals surface area contributed by atoms with Crippen molar-refractivity contribution in [3.05, 3.63) is 0 Å². The standard InChI is InChI=1S/C11H19N3O2S/c1-9(7-12)17(15,16)14-6-5-10-3-4-11(8-14)13(10)2/h9-11H,3-6,8H2,1-2H3. The lowest BCUT2D eigenvalue weighted by molar-refractivity contribution is 0.246. The third-order valence-electron chi connectivity index (χ3n) is 4.10. The number of hydrogen-bond donors (Lipinski definition) is 0. The maximum absolute atomic E-state index is 12.1.